The molecule has 16 heavy (non-hydrogen) atoms. The quantitative estimate of drug-likeness (QED) is 0.830. The lowest BCUT2D eigenvalue weighted by Crippen LogP contribution is -2.42. The molecule has 0 spiro atoms. The Labute approximate surface area is 96.2 Å². The monoisotopic (exact) mass is 222 g/mol. The van der Waals surface area contributed by atoms with Gasteiger partial charge in [0.25, 0.3) is 0 Å². The lowest BCUT2D eigenvalue weighted by atomic mass is 10.0. The first-order valence-electron chi connectivity index (χ1n) is 5.88. The summed E-state index contributed by atoms with van der Waals surface area (Å²) in [6, 6.07) is 5.31. The van der Waals surface area contributed by atoms with Crippen molar-refractivity contribution < 1.29 is 4.39 Å². The van der Waals surface area contributed by atoms with Crippen LogP contribution in [0.5, 0.6) is 0 Å². The summed E-state index contributed by atoms with van der Waals surface area (Å²) in [6.45, 7) is 4.91. The summed E-state index contributed by atoms with van der Waals surface area (Å²) in [5, 5.41) is 0. The van der Waals surface area contributed by atoms with Gasteiger partial charge in [-0.2, -0.15) is 0 Å². The number of halogens is 1. The number of hydrogen-bond donors (Lipinski definition) is 1. The van der Waals surface area contributed by atoms with Crippen molar-refractivity contribution in [1.29, 1.82) is 0 Å². The second-order valence-electron chi connectivity index (χ2n) is 4.71. The highest BCUT2D eigenvalue weighted by molar-refractivity contribution is 5.26. The predicted molar refractivity (Wildman–Crippen MR) is 63.6 cm³/mol. The largest absolute Gasteiger partial charge is 0.327 e. The van der Waals surface area contributed by atoms with Gasteiger partial charge in [-0.05, 0) is 49.6 Å². The van der Waals surface area contributed by atoms with E-state index in [1.807, 2.05) is 13.0 Å². The first-order valence-corrected chi connectivity index (χ1v) is 5.88. The molecular formula is C13H19FN2. The van der Waals surface area contributed by atoms with Crippen molar-refractivity contribution in [1.82, 2.24) is 4.90 Å². The molecule has 1 aromatic carbocycles. The van der Waals surface area contributed by atoms with E-state index in [4.69, 9.17) is 5.73 Å². The van der Waals surface area contributed by atoms with Crippen LogP contribution in [0.4, 0.5) is 4.39 Å². The summed E-state index contributed by atoms with van der Waals surface area (Å²) in [5.41, 5.74) is 8.17. The molecule has 0 aromatic heterocycles. The molecule has 1 fully saturated rings. The van der Waals surface area contributed by atoms with Crippen LogP contribution in [0.2, 0.25) is 0 Å². The van der Waals surface area contributed by atoms with Gasteiger partial charge in [0.15, 0.2) is 0 Å². The first-order chi connectivity index (χ1) is 7.65. The van der Waals surface area contributed by atoms with E-state index >= 15 is 0 Å². The Morgan fingerprint density at radius 3 is 3.00 bits per heavy atom. The molecule has 2 rings (SSSR count). The standard InChI is InChI=1S/C13H19FN2/c1-10-7-12(14)5-4-11(10)8-16-6-2-3-13(15)9-16/h4-5,7,13H,2-3,6,8-9,15H2,1H3/t13-/m1/s1. The first kappa shape index (κ1) is 11.6. The van der Waals surface area contributed by atoms with Gasteiger partial charge < -0.3 is 5.73 Å². The Morgan fingerprint density at radius 2 is 2.31 bits per heavy atom. The van der Waals surface area contributed by atoms with Crippen molar-refractivity contribution in [2.24, 2.45) is 5.73 Å². The van der Waals surface area contributed by atoms with Gasteiger partial charge >= 0.3 is 0 Å². The molecule has 0 aliphatic carbocycles. The van der Waals surface area contributed by atoms with Crippen LogP contribution >= 0.6 is 0 Å². The molecule has 1 atom stereocenters. The van der Waals surface area contributed by atoms with Gasteiger partial charge in [0.05, 0.1) is 0 Å². The van der Waals surface area contributed by atoms with Crippen molar-refractivity contribution in [3.63, 3.8) is 0 Å². The molecule has 0 saturated carbocycles. The van der Waals surface area contributed by atoms with Crippen LogP contribution in [0, 0.1) is 12.7 Å². The third-order valence-electron chi connectivity index (χ3n) is 3.24. The summed E-state index contributed by atoms with van der Waals surface area (Å²) < 4.78 is 13.0. The maximum absolute atomic E-state index is 13.0. The number of benzene rings is 1. The van der Waals surface area contributed by atoms with Crippen molar-refractivity contribution in [3.05, 3.63) is 35.1 Å². The van der Waals surface area contributed by atoms with Crippen LogP contribution in [-0.4, -0.2) is 24.0 Å². The molecule has 1 aliphatic heterocycles. The van der Waals surface area contributed by atoms with E-state index < -0.39 is 0 Å². The van der Waals surface area contributed by atoms with Gasteiger partial charge in [-0.3, -0.25) is 4.90 Å². The summed E-state index contributed by atoms with van der Waals surface area (Å²) in [4.78, 5) is 2.36. The minimum absolute atomic E-state index is 0.156. The normalized spacial score (nSPS) is 22.3. The van der Waals surface area contributed by atoms with Crippen molar-refractivity contribution in [3.8, 4) is 0 Å². The van der Waals surface area contributed by atoms with Gasteiger partial charge in [0.1, 0.15) is 5.82 Å². The number of aryl methyl sites for hydroxylation is 1. The van der Waals surface area contributed by atoms with Crippen LogP contribution in [0.3, 0.4) is 0 Å². The summed E-state index contributed by atoms with van der Waals surface area (Å²) >= 11 is 0. The van der Waals surface area contributed by atoms with E-state index in [0.29, 0.717) is 6.04 Å². The molecule has 0 unspecified atom stereocenters. The molecular weight excluding hydrogens is 203 g/mol. The molecule has 0 amide bonds. The fourth-order valence-corrected chi connectivity index (χ4v) is 2.31. The van der Waals surface area contributed by atoms with Crippen molar-refractivity contribution in [2.45, 2.75) is 32.4 Å². The molecule has 0 radical (unpaired) electrons. The fraction of sp³-hybridized carbons (Fsp3) is 0.538. The predicted octanol–water partition coefficient (Wildman–Crippen LogP) is 2.06. The summed E-state index contributed by atoms with van der Waals surface area (Å²) in [7, 11) is 0. The summed E-state index contributed by atoms with van der Waals surface area (Å²) in [5.74, 6) is -0.156. The van der Waals surface area contributed by atoms with Crippen molar-refractivity contribution >= 4 is 0 Å². The number of likely N-dealkylation sites (tertiary alicyclic amines) is 1. The topological polar surface area (TPSA) is 29.3 Å². The highest BCUT2D eigenvalue weighted by Gasteiger charge is 2.17. The molecule has 3 heteroatoms. The Balaban J connectivity index is 2.02. The minimum Gasteiger partial charge on any atom is -0.327 e. The molecule has 2 nitrogen and oxygen atoms in total. The maximum Gasteiger partial charge on any atom is 0.123 e. The van der Waals surface area contributed by atoms with Crippen LogP contribution < -0.4 is 5.73 Å². The van der Waals surface area contributed by atoms with E-state index in [1.54, 1.807) is 6.07 Å². The lowest BCUT2D eigenvalue weighted by Gasteiger charge is -2.31. The average Bonchev–Trinajstić information content (AvgIpc) is 2.22. The zero-order valence-electron chi connectivity index (χ0n) is 9.75. The molecule has 1 heterocycles. The molecule has 2 N–H and O–H groups in total. The van der Waals surface area contributed by atoms with E-state index in [-0.39, 0.29) is 5.82 Å². The van der Waals surface area contributed by atoms with Crippen LogP contribution in [-0.2, 0) is 6.54 Å². The second kappa shape index (κ2) is 4.93. The third kappa shape index (κ3) is 2.80. The second-order valence-corrected chi connectivity index (χ2v) is 4.71. The number of hydrogen-bond acceptors (Lipinski definition) is 2. The molecule has 1 aromatic rings. The number of rotatable bonds is 2. The van der Waals surface area contributed by atoms with Crippen LogP contribution in [0.25, 0.3) is 0 Å². The zero-order valence-corrected chi connectivity index (χ0v) is 9.75. The SMILES string of the molecule is Cc1cc(F)ccc1CN1CCC[C@@H](N)C1. The fourth-order valence-electron chi connectivity index (χ4n) is 2.31. The van der Waals surface area contributed by atoms with E-state index in [0.717, 1.165) is 31.6 Å². The number of piperidine rings is 1. The number of nitrogens with zero attached hydrogens (tertiary/aromatic N) is 1. The van der Waals surface area contributed by atoms with Gasteiger partial charge in [0.2, 0.25) is 0 Å². The van der Waals surface area contributed by atoms with Crippen LogP contribution in [0.15, 0.2) is 18.2 Å². The Morgan fingerprint density at radius 1 is 1.50 bits per heavy atom. The lowest BCUT2D eigenvalue weighted by molar-refractivity contribution is 0.201. The molecule has 1 aliphatic rings. The third-order valence-corrected chi connectivity index (χ3v) is 3.24. The van der Waals surface area contributed by atoms with Gasteiger partial charge in [-0.15, -0.1) is 0 Å². The smallest absolute Gasteiger partial charge is 0.123 e. The van der Waals surface area contributed by atoms with E-state index in [1.165, 1.54) is 18.1 Å². The van der Waals surface area contributed by atoms with E-state index in [9.17, 15) is 4.39 Å². The maximum atomic E-state index is 13.0. The van der Waals surface area contributed by atoms with E-state index in [2.05, 4.69) is 4.90 Å². The van der Waals surface area contributed by atoms with Gasteiger partial charge in [-0.1, -0.05) is 6.07 Å². The Kier molecular flexibility index (Phi) is 3.56. The molecule has 88 valence electrons. The minimum atomic E-state index is -0.156. The Bertz CT molecular complexity index is 365. The Hall–Kier alpha value is -0.930. The zero-order chi connectivity index (χ0) is 11.5. The highest BCUT2D eigenvalue weighted by atomic mass is 19.1. The molecule has 0 bridgehead atoms. The summed E-state index contributed by atoms with van der Waals surface area (Å²) in [6.07, 6.45) is 2.29. The number of nitrogens with two attached hydrogens (primary N) is 1. The van der Waals surface area contributed by atoms with Gasteiger partial charge in [-0.25, -0.2) is 4.39 Å². The van der Waals surface area contributed by atoms with Crippen molar-refractivity contribution in [2.75, 3.05) is 13.1 Å². The average molecular weight is 222 g/mol. The van der Waals surface area contributed by atoms with Crippen LogP contribution in [0.1, 0.15) is 24.0 Å². The highest BCUT2D eigenvalue weighted by Crippen LogP contribution is 2.16. The molecule has 1 saturated heterocycles. The van der Waals surface area contributed by atoms with Gasteiger partial charge in [0, 0.05) is 19.1 Å².